The van der Waals surface area contributed by atoms with Crippen LogP contribution in [-0.4, -0.2) is 16.5 Å². The van der Waals surface area contributed by atoms with Gasteiger partial charge in [-0.1, -0.05) is 31.0 Å². The van der Waals surface area contributed by atoms with E-state index in [1.54, 1.807) is 6.20 Å². The number of nitrogens with one attached hydrogen (secondary N) is 1. The number of hydrogen-bond acceptors (Lipinski definition) is 2. The number of amides is 1. The highest BCUT2D eigenvalue weighted by atomic mass is 16.2. The van der Waals surface area contributed by atoms with Crippen molar-refractivity contribution in [2.45, 2.75) is 38.3 Å². The van der Waals surface area contributed by atoms with E-state index in [1.807, 2.05) is 28.8 Å². The highest BCUT2D eigenvalue weighted by Gasteiger charge is 2.18. The topological polar surface area (TPSA) is 57.8 Å². The van der Waals surface area contributed by atoms with E-state index in [9.17, 15) is 4.79 Å². The molecule has 2 aromatic rings. The molecule has 1 aromatic carbocycles. The molecular formula is C16H17N3O. The van der Waals surface area contributed by atoms with Crippen LogP contribution in [0.5, 0.6) is 0 Å². The third kappa shape index (κ3) is 2.39. The van der Waals surface area contributed by atoms with Gasteiger partial charge in [0.05, 0.1) is 5.56 Å². The third-order valence-electron chi connectivity index (χ3n) is 3.94. The number of benzene rings is 1. The third-order valence-corrected chi connectivity index (χ3v) is 3.94. The maximum Gasteiger partial charge on any atom is 0.240 e. The molecule has 20 heavy (non-hydrogen) atoms. The molecule has 3 rings (SSSR count). The van der Waals surface area contributed by atoms with Crippen molar-refractivity contribution in [3.63, 3.8) is 0 Å². The number of carbonyl (C=O) groups excluding carboxylic acids is 1. The number of hydrogen-bond donors (Lipinski definition) is 1. The van der Waals surface area contributed by atoms with E-state index in [1.165, 1.54) is 12.8 Å². The van der Waals surface area contributed by atoms with Crippen LogP contribution in [0, 0.1) is 11.3 Å². The fourth-order valence-corrected chi connectivity index (χ4v) is 2.96. The van der Waals surface area contributed by atoms with Crippen LogP contribution in [-0.2, 0) is 11.3 Å². The van der Waals surface area contributed by atoms with Crippen molar-refractivity contribution in [2.24, 2.45) is 0 Å². The Balaban J connectivity index is 1.80. The maximum absolute atomic E-state index is 12.1. The Morgan fingerprint density at radius 1 is 1.35 bits per heavy atom. The summed E-state index contributed by atoms with van der Waals surface area (Å²) >= 11 is 0. The Morgan fingerprint density at radius 2 is 2.10 bits per heavy atom. The molecule has 0 bridgehead atoms. The largest absolute Gasteiger partial charge is 0.352 e. The van der Waals surface area contributed by atoms with Crippen LogP contribution in [0.4, 0.5) is 0 Å². The minimum atomic E-state index is 0.0298. The van der Waals surface area contributed by atoms with E-state index in [-0.39, 0.29) is 12.5 Å². The second kappa shape index (κ2) is 5.38. The number of aromatic nitrogens is 1. The molecule has 4 nitrogen and oxygen atoms in total. The molecule has 1 saturated carbocycles. The molecule has 0 atom stereocenters. The standard InChI is InChI=1S/C16H17N3O/c17-9-12-10-19(15-8-4-3-7-14(12)15)11-16(20)18-13-5-1-2-6-13/h3-4,7-8,10,13H,1-2,5-6,11H2,(H,18,20). The van der Waals surface area contributed by atoms with Gasteiger partial charge in [0.15, 0.2) is 0 Å². The van der Waals surface area contributed by atoms with Crippen LogP contribution in [0.1, 0.15) is 31.2 Å². The Hall–Kier alpha value is -2.28. The average molecular weight is 267 g/mol. The molecule has 1 amide bonds. The van der Waals surface area contributed by atoms with Gasteiger partial charge in [0.1, 0.15) is 12.6 Å². The predicted molar refractivity (Wildman–Crippen MR) is 77.1 cm³/mol. The molecule has 0 spiro atoms. The van der Waals surface area contributed by atoms with Crippen LogP contribution in [0.3, 0.4) is 0 Å². The molecule has 1 aliphatic rings. The first-order valence-electron chi connectivity index (χ1n) is 7.05. The van der Waals surface area contributed by atoms with Gasteiger partial charge in [-0.15, -0.1) is 0 Å². The molecule has 4 heteroatoms. The molecule has 1 N–H and O–H groups in total. The zero-order valence-corrected chi connectivity index (χ0v) is 11.3. The van der Waals surface area contributed by atoms with Crippen LogP contribution < -0.4 is 5.32 Å². The van der Waals surface area contributed by atoms with E-state index >= 15 is 0 Å². The molecule has 0 saturated heterocycles. The zero-order valence-electron chi connectivity index (χ0n) is 11.3. The van der Waals surface area contributed by atoms with Gasteiger partial charge in [-0.25, -0.2) is 0 Å². The fraction of sp³-hybridized carbons (Fsp3) is 0.375. The van der Waals surface area contributed by atoms with Gasteiger partial charge in [0.25, 0.3) is 0 Å². The summed E-state index contributed by atoms with van der Waals surface area (Å²) in [4.78, 5) is 12.1. The van der Waals surface area contributed by atoms with Gasteiger partial charge in [-0.3, -0.25) is 4.79 Å². The van der Waals surface area contributed by atoms with Gasteiger partial charge in [-0.05, 0) is 18.9 Å². The van der Waals surface area contributed by atoms with E-state index in [0.29, 0.717) is 11.6 Å². The normalized spacial score (nSPS) is 15.3. The second-order valence-corrected chi connectivity index (χ2v) is 5.35. The van der Waals surface area contributed by atoms with E-state index in [4.69, 9.17) is 5.26 Å². The molecule has 0 aliphatic heterocycles. The highest BCUT2D eigenvalue weighted by molar-refractivity contribution is 5.88. The minimum absolute atomic E-state index is 0.0298. The van der Waals surface area contributed by atoms with Crippen molar-refractivity contribution in [1.29, 1.82) is 5.26 Å². The Morgan fingerprint density at radius 3 is 2.85 bits per heavy atom. The van der Waals surface area contributed by atoms with Gasteiger partial charge >= 0.3 is 0 Å². The maximum atomic E-state index is 12.1. The molecule has 1 aromatic heterocycles. The Labute approximate surface area is 118 Å². The summed E-state index contributed by atoms with van der Waals surface area (Å²) in [7, 11) is 0. The Kier molecular flexibility index (Phi) is 3.42. The molecule has 102 valence electrons. The highest BCUT2D eigenvalue weighted by Crippen LogP contribution is 2.21. The lowest BCUT2D eigenvalue weighted by molar-refractivity contribution is -0.122. The van der Waals surface area contributed by atoms with Gasteiger partial charge in [0.2, 0.25) is 5.91 Å². The van der Waals surface area contributed by atoms with Crippen LogP contribution in [0.25, 0.3) is 10.9 Å². The first-order valence-corrected chi connectivity index (χ1v) is 7.05. The molecule has 1 heterocycles. The lowest BCUT2D eigenvalue weighted by Gasteiger charge is -2.12. The number of fused-ring (bicyclic) bond motifs is 1. The number of para-hydroxylation sites is 1. The lowest BCUT2D eigenvalue weighted by Crippen LogP contribution is -2.35. The quantitative estimate of drug-likeness (QED) is 0.929. The predicted octanol–water partition coefficient (Wildman–Crippen LogP) is 2.57. The summed E-state index contributed by atoms with van der Waals surface area (Å²) in [5.74, 6) is 0.0298. The Bertz CT molecular complexity index is 675. The van der Waals surface area contributed by atoms with Crippen LogP contribution >= 0.6 is 0 Å². The minimum Gasteiger partial charge on any atom is -0.352 e. The van der Waals surface area contributed by atoms with E-state index < -0.39 is 0 Å². The van der Waals surface area contributed by atoms with Gasteiger partial charge in [-0.2, -0.15) is 5.26 Å². The number of carbonyl (C=O) groups is 1. The number of nitrogens with zero attached hydrogens (tertiary/aromatic N) is 2. The van der Waals surface area contributed by atoms with Crippen molar-refractivity contribution < 1.29 is 4.79 Å². The smallest absolute Gasteiger partial charge is 0.240 e. The van der Waals surface area contributed by atoms with Crippen LogP contribution in [0.15, 0.2) is 30.5 Å². The molecule has 0 unspecified atom stereocenters. The van der Waals surface area contributed by atoms with Crippen molar-refractivity contribution in [2.75, 3.05) is 0 Å². The van der Waals surface area contributed by atoms with Gasteiger partial charge < -0.3 is 9.88 Å². The van der Waals surface area contributed by atoms with Crippen LogP contribution in [0.2, 0.25) is 0 Å². The first kappa shape index (κ1) is 12.7. The monoisotopic (exact) mass is 267 g/mol. The van der Waals surface area contributed by atoms with Gasteiger partial charge in [0, 0.05) is 23.1 Å². The second-order valence-electron chi connectivity index (χ2n) is 5.35. The van der Waals surface area contributed by atoms with E-state index in [2.05, 4.69) is 11.4 Å². The van der Waals surface area contributed by atoms with Crippen molar-refractivity contribution in [1.82, 2.24) is 9.88 Å². The summed E-state index contributed by atoms with van der Waals surface area (Å²) in [6.45, 7) is 0.276. The molecule has 1 fully saturated rings. The molecule has 1 aliphatic carbocycles. The summed E-state index contributed by atoms with van der Waals surface area (Å²) in [6.07, 6.45) is 6.34. The van der Waals surface area contributed by atoms with Crippen molar-refractivity contribution in [3.8, 4) is 6.07 Å². The molecule has 0 radical (unpaired) electrons. The van der Waals surface area contributed by atoms with Crippen molar-refractivity contribution >= 4 is 16.8 Å². The fourth-order valence-electron chi connectivity index (χ4n) is 2.96. The number of rotatable bonds is 3. The SMILES string of the molecule is N#Cc1cn(CC(=O)NC2CCCC2)c2ccccc12. The molecular weight excluding hydrogens is 250 g/mol. The first-order chi connectivity index (χ1) is 9.78. The average Bonchev–Trinajstić information content (AvgIpc) is 3.07. The van der Waals surface area contributed by atoms with Crippen molar-refractivity contribution in [3.05, 3.63) is 36.0 Å². The summed E-state index contributed by atoms with van der Waals surface area (Å²) in [6, 6.07) is 10.2. The lowest BCUT2D eigenvalue weighted by atomic mass is 10.2. The zero-order chi connectivity index (χ0) is 13.9. The summed E-state index contributed by atoms with van der Waals surface area (Å²) in [5, 5.41) is 13.1. The summed E-state index contributed by atoms with van der Waals surface area (Å²) in [5.41, 5.74) is 1.56. The number of nitriles is 1. The van der Waals surface area contributed by atoms with E-state index in [0.717, 1.165) is 23.7 Å². The summed E-state index contributed by atoms with van der Waals surface area (Å²) < 4.78 is 1.86.